The first kappa shape index (κ1) is 12.4. The van der Waals surface area contributed by atoms with Gasteiger partial charge in [-0.25, -0.2) is 0 Å². The lowest BCUT2D eigenvalue weighted by Crippen LogP contribution is -2.36. The number of para-hydroxylation sites is 1. The van der Waals surface area contributed by atoms with E-state index in [0.717, 1.165) is 5.69 Å². The summed E-state index contributed by atoms with van der Waals surface area (Å²) in [4.78, 5) is 0. The van der Waals surface area contributed by atoms with E-state index >= 15 is 0 Å². The molecule has 1 aromatic carbocycles. The minimum atomic E-state index is -1.54. The number of hydrogen-bond donors (Lipinski definition) is 0. The van der Waals surface area contributed by atoms with Crippen LogP contribution in [0.15, 0.2) is 34.9 Å². The number of nitrogens with zero attached hydrogens (tertiary/aromatic N) is 2. The van der Waals surface area contributed by atoms with Gasteiger partial charge in [-0.2, -0.15) is 0 Å². The van der Waals surface area contributed by atoms with E-state index in [2.05, 4.69) is 40.9 Å². The molecule has 0 atom stereocenters. The number of hydrogen-bond acceptors (Lipinski definition) is 3. The molecule has 0 aliphatic rings. The quantitative estimate of drug-likeness (QED) is 0.439. The van der Waals surface area contributed by atoms with Gasteiger partial charge in [-0.15, -0.1) is 5.54 Å². The summed E-state index contributed by atoms with van der Waals surface area (Å²) in [6.45, 7) is 6.35. The van der Waals surface area contributed by atoms with Crippen LogP contribution in [0.25, 0.3) is 5.69 Å². The van der Waals surface area contributed by atoms with E-state index in [1.807, 2.05) is 30.3 Å². The van der Waals surface area contributed by atoms with Crippen molar-refractivity contribution < 1.29 is 14.3 Å². The van der Waals surface area contributed by atoms with E-state index in [4.69, 9.17) is 0 Å². The fourth-order valence-corrected chi connectivity index (χ4v) is 1.84. The molecule has 0 aliphatic carbocycles. The Kier molecular flexibility index (Phi) is 3.21. The average Bonchev–Trinajstić information content (AvgIpc) is 2.68. The van der Waals surface area contributed by atoms with Gasteiger partial charge in [0.1, 0.15) is 8.07 Å². The van der Waals surface area contributed by atoms with Gasteiger partial charge >= 0.3 is 5.69 Å². The summed E-state index contributed by atoms with van der Waals surface area (Å²) in [6, 6.07) is 9.34. The van der Waals surface area contributed by atoms with Crippen molar-refractivity contribution in [2.45, 2.75) is 19.6 Å². The van der Waals surface area contributed by atoms with Crippen LogP contribution in [0, 0.1) is 11.5 Å². The smallest absolute Gasteiger partial charge is 0.313 e. The van der Waals surface area contributed by atoms with Gasteiger partial charge < -0.3 is 9.63 Å². The molecule has 2 aromatic rings. The molecule has 2 rings (SSSR count). The van der Waals surface area contributed by atoms with Crippen molar-refractivity contribution in [3.05, 3.63) is 36.0 Å². The Hall–Kier alpha value is -2.06. The topological polar surface area (TPSA) is 53.0 Å². The zero-order chi connectivity index (χ0) is 13.2. The number of benzene rings is 1. The van der Waals surface area contributed by atoms with E-state index in [0.29, 0.717) is 0 Å². The molecule has 4 nitrogen and oxygen atoms in total. The number of rotatable bonds is 1. The second-order valence-electron chi connectivity index (χ2n) is 4.96. The summed E-state index contributed by atoms with van der Waals surface area (Å²) in [5.74, 6) is 2.41. The Morgan fingerprint density at radius 1 is 1.22 bits per heavy atom. The second-order valence-corrected chi connectivity index (χ2v) is 9.71. The molecule has 0 amide bonds. The molecular formula is C13H14N2O2Si. The lowest BCUT2D eigenvalue weighted by molar-refractivity contribution is -0.672. The van der Waals surface area contributed by atoms with Crippen molar-refractivity contribution in [3.8, 4) is 23.1 Å². The summed E-state index contributed by atoms with van der Waals surface area (Å²) in [5.41, 5.74) is 4.19. The maximum atomic E-state index is 11.6. The first-order valence-electron chi connectivity index (χ1n) is 5.65. The van der Waals surface area contributed by atoms with Crippen LogP contribution in [0.5, 0.6) is 5.95 Å². The molecule has 92 valence electrons. The minimum Gasteiger partial charge on any atom is -0.538 e. The summed E-state index contributed by atoms with van der Waals surface area (Å²) < 4.78 is 6.13. The molecule has 0 fully saturated rings. The third kappa shape index (κ3) is 2.79. The summed E-state index contributed by atoms with van der Waals surface area (Å²) >= 11 is 0. The Bertz CT molecular complexity index is 603. The van der Waals surface area contributed by atoms with Crippen LogP contribution >= 0.6 is 0 Å². The molecule has 0 aliphatic heterocycles. The molecule has 0 N–H and O–H groups in total. The van der Waals surface area contributed by atoms with E-state index in [1.54, 1.807) is 0 Å². The van der Waals surface area contributed by atoms with Gasteiger partial charge in [0.15, 0.2) is 5.95 Å². The van der Waals surface area contributed by atoms with E-state index in [1.165, 1.54) is 4.68 Å². The fourth-order valence-electron chi connectivity index (χ4n) is 1.34. The SMILES string of the molecule is C[Si](C)(C)C#Cc1c([O-])on[n+]1-c1ccccc1. The van der Waals surface area contributed by atoms with Crippen molar-refractivity contribution in [1.29, 1.82) is 0 Å². The predicted molar refractivity (Wildman–Crippen MR) is 67.7 cm³/mol. The molecule has 0 saturated carbocycles. The van der Waals surface area contributed by atoms with Gasteiger partial charge in [-0.3, -0.25) is 0 Å². The summed E-state index contributed by atoms with van der Waals surface area (Å²) in [6.07, 6.45) is 0. The third-order valence-electron chi connectivity index (χ3n) is 2.17. The zero-order valence-electron chi connectivity index (χ0n) is 10.6. The summed E-state index contributed by atoms with van der Waals surface area (Å²) in [7, 11) is -1.54. The van der Waals surface area contributed by atoms with Crippen molar-refractivity contribution in [1.82, 2.24) is 5.27 Å². The molecule has 1 heterocycles. The lowest BCUT2D eigenvalue weighted by Gasteiger charge is -2.02. The maximum absolute atomic E-state index is 11.6. The molecule has 0 saturated heterocycles. The van der Waals surface area contributed by atoms with Crippen LogP contribution in [0.3, 0.4) is 0 Å². The lowest BCUT2D eigenvalue weighted by atomic mass is 10.3. The van der Waals surface area contributed by atoms with Crippen LogP contribution in [-0.2, 0) is 0 Å². The molecule has 1 aromatic heterocycles. The van der Waals surface area contributed by atoms with Crippen molar-refractivity contribution in [2.24, 2.45) is 0 Å². The van der Waals surface area contributed by atoms with Gasteiger partial charge in [0.2, 0.25) is 5.69 Å². The highest BCUT2D eigenvalue weighted by Gasteiger charge is 2.18. The second kappa shape index (κ2) is 4.67. The van der Waals surface area contributed by atoms with Gasteiger partial charge in [0, 0.05) is 18.1 Å². The highest BCUT2D eigenvalue weighted by atomic mass is 28.3. The largest absolute Gasteiger partial charge is 0.538 e. The Morgan fingerprint density at radius 3 is 2.50 bits per heavy atom. The standard InChI is InChI=1S/C13H14N2O2Si/c1-18(2,3)10-9-12-13(16)17-14-15(12)11-7-5-4-6-8-11/h4-8H,1-3H3. The van der Waals surface area contributed by atoms with Gasteiger partial charge in [0.05, 0.1) is 5.27 Å². The van der Waals surface area contributed by atoms with Crippen molar-refractivity contribution in [3.63, 3.8) is 0 Å². The Labute approximate surface area is 107 Å². The van der Waals surface area contributed by atoms with Crippen LogP contribution < -0.4 is 9.79 Å². The highest BCUT2D eigenvalue weighted by Crippen LogP contribution is 2.09. The normalized spacial score (nSPS) is 10.8. The highest BCUT2D eigenvalue weighted by molar-refractivity contribution is 6.83. The first-order valence-corrected chi connectivity index (χ1v) is 9.15. The molecule has 0 bridgehead atoms. The summed E-state index contributed by atoms with van der Waals surface area (Å²) in [5, 5.41) is 15.3. The molecule has 0 unspecified atom stereocenters. The van der Waals surface area contributed by atoms with Crippen LogP contribution in [0.4, 0.5) is 0 Å². The third-order valence-corrected chi connectivity index (χ3v) is 3.04. The zero-order valence-corrected chi connectivity index (χ0v) is 11.6. The van der Waals surface area contributed by atoms with E-state index < -0.39 is 14.0 Å². The average molecular weight is 258 g/mol. The number of aromatic nitrogens is 2. The van der Waals surface area contributed by atoms with Gasteiger partial charge in [0.25, 0.3) is 0 Å². The van der Waals surface area contributed by atoms with E-state index in [-0.39, 0.29) is 5.69 Å². The molecule has 5 heteroatoms. The Balaban J connectivity index is 2.48. The molecule has 0 radical (unpaired) electrons. The molecule has 0 spiro atoms. The maximum Gasteiger partial charge on any atom is 0.313 e. The van der Waals surface area contributed by atoms with E-state index in [9.17, 15) is 5.11 Å². The Morgan fingerprint density at radius 2 is 1.89 bits per heavy atom. The van der Waals surface area contributed by atoms with Crippen LogP contribution in [0.1, 0.15) is 5.69 Å². The van der Waals surface area contributed by atoms with Crippen LogP contribution in [0.2, 0.25) is 19.6 Å². The predicted octanol–water partition coefficient (Wildman–Crippen LogP) is 1.25. The molecular weight excluding hydrogens is 244 g/mol. The van der Waals surface area contributed by atoms with Gasteiger partial charge in [-0.05, 0) is 4.68 Å². The van der Waals surface area contributed by atoms with Crippen LogP contribution in [-0.4, -0.2) is 13.3 Å². The van der Waals surface area contributed by atoms with Crippen molar-refractivity contribution >= 4 is 8.07 Å². The monoisotopic (exact) mass is 258 g/mol. The minimum absolute atomic E-state index is 0.281. The van der Waals surface area contributed by atoms with Gasteiger partial charge in [-0.1, -0.05) is 37.8 Å². The molecule has 18 heavy (non-hydrogen) atoms. The fraction of sp³-hybridized carbons (Fsp3) is 0.231. The van der Waals surface area contributed by atoms with Crippen molar-refractivity contribution in [2.75, 3.05) is 0 Å². The first-order chi connectivity index (χ1) is 8.47.